The monoisotopic (exact) mass is 194 g/mol. The van der Waals surface area contributed by atoms with Gasteiger partial charge in [0.15, 0.2) is 0 Å². The number of rotatable bonds is 3. The highest BCUT2D eigenvalue weighted by Crippen LogP contribution is 2.19. The third kappa shape index (κ3) is 2.32. The van der Waals surface area contributed by atoms with Crippen molar-refractivity contribution < 1.29 is 5.11 Å². The van der Waals surface area contributed by atoms with Gasteiger partial charge in [-0.1, -0.05) is 23.8 Å². The lowest BCUT2D eigenvalue weighted by atomic mass is 9.96. The van der Waals surface area contributed by atoms with Crippen LogP contribution in [0, 0.1) is 13.8 Å². The van der Waals surface area contributed by atoms with Gasteiger partial charge in [-0.25, -0.2) is 0 Å². The molecule has 0 radical (unpaired) electrons. The Morgan fingerprint density at radius 3 is 2.57 bits per heavy atom. The van der Waals surface area contributed by atoms with E-state index < -0.39 is 6.10 Å². The normalized spacial score (nSPS) is 15.2. The fourth-order valence-electron chi connectivity index (χ4n) is 1.47. The average Bonchev–Trinajstić information content (AvgIpc) is 2.19. The summed E-state index contributed by atoms with van der Waals surface area (Å²) in [6.07, 6.45) is -0.671. The van der Waals surface area contributed by atoms with E-state index in [2.05, 4.69) is 0 Å². The van der Waals surface area contributed by atoms with Gasteiger partial charge in [0, 0.05) is 6.54 Å². The lowest BCUT2D eigenvalue weighted by Gasteiger charge is -2.19. The van der Waals surface area contributed by atoms with Crippen LogP contribution in [-0.2, 0) is 0 Å². The van der Waals surface area contributed by atoms with E-state index in [4.69, 9.17) is 11.5 Å². The molecule has 0 aromatic heterocycles. The Kier molecular flexibility index (Phi) is 3.63. The summed E-state index contributed by atoms with van der Waals surface area (Å²) >= 11 is 0. The van der Waals surface area contributed by atoms with Gasteiger partial charge < -0.3 is 16.6 Å². The van der Waals surface area contributed by atoms with Crippen molar-refractivity contribution in [3.63, 3.8) is 0 Å². The van der Waals surface area contributed by atoms with Crippen LogP contribution in [0.3, 0.4) is 0 Å². The van der Waals surface area contributed by atoms with E-state index in [-0.39, 0.29) is 12.6 Å². The maximum atomic E-state index is 9.55. The van der Waals surface area contributed by atoms with Crippen LogP contribution in [0.2, 0.25) is 0 Å². The number of benzene rings is 1. The second kappa shape index (κ2) is 4.55. The fraction of sp³-hybridized carbons (Fsp3) is 0.455. The largest absolute Gasteiger partial charge is 0.390 e. The Balaban J connectivity index is 2.99. The molecule has 0 aliphatic carbocycles. The number of hydrogen-bond donors (Lipinski definition) is 3. The molecule has 0 heterocycles. The quantitative estimate of drug-likeness (QED) is 0.660. The third-order valence-electron chi connectivity index (χ3n) is 2.45. The zero-order chi connectivity index (χ0) is 10.7. The molecule has 2 unspecified atom stereocenters. The van der Waals surface area contributed by atoms with Crippen molar-refractivity contribution in [1.82, 2.24) is 0 Å². The number of aliphatic hydroxyl groups is 1. The molecule has 1 aromatic rings. The zero-order valence-electron chi connectivity index (χ0n) is 8.70. The summed E-state index contributed by atoms with van der Waals surface area (Å²) in [7, 11) is 0. The highest BCUT2D eigenvalue weighted by molar-refractivity contribution is 5.33. The molecule has 1 rings (SSSR count). The molecule has 1 aromatic carbocycles. The molecule has 14 heavy (non-hydrogen) atoms. The lowest BCUT2D eigenvalue weighted by Crippen LogP contribution is -2.33. The molecule has 0 bridgehead atoms. The van der Waals surface area contributed by atoms with Crippen molar-refractivity contribution in [3.8, 4) is 0 Å². The highest BCUT2D eigenvalue weighted by Gasteiger charge is 2.16. The Bertz CT molecular complexity index is 312. The van der Waals surface area contributed by atoms with Gasteiger partial charge in [-0.05, 0) is 25.0 Å². The smallest absolute Gasteiger partial charge is 0.0854 e. The van der Waals surface area contributed by atoms with Gasteiger partial charge in [-0.15, -0.1) is 0 Å². The minimum absolute atomic E-state index is 0.189. The Morgan fingerprint density at radius 2 is 2.00 bits per heavy atom. The predicted octanol–water partition coefficient (Wildman–Crippen LogP) is 0.623. The Hall–Kier alpha value is -0.900. The van der Waals surface area contributed by atoms with Gasteiger partial charge in [0.25, 0.3) is 0 Å². The van der Waals surface area contributed by atoms with E-state index in [1.165, 1.54) is 0 Å². The molecule has 0 fully saturated rings. The average molecular weight is 194 g/mol. The first-order valence-electron chi connectivity index (χ1n) is 4.77. The van der Waals surface area contributed by atoms with Gasteiger partial charge in [-0.3, -0.25) is 0 Å². The van der Waals surface area contributed by atoms with E-state index in [0.29, 0.717) is 0 Å². The predicted molar refractivity (Wildman–Crippen MR) is 57.9 cm³/mol. The van der Waals surface area contributed by atoms with E-state index in [0.717, 1.165) is 16.7 Å². The molecule has 0 amide bonds. The number of nitrogens with two attached hydrogens (primary N) is 2. The minimum Gasteiger partial charge on any atom is -0.390 e. The molecule has 0 aliphatic heterocycles. The summed E-state index contributed by atoms with van der Waals surface area (Å²) in [6, 6.07) is 5.65. The van der Waals surface area contributed by atoms with Crippen LogP contribution in [0.5, 0.6) is 0 Å². The minimum atomic E-state index is -0.671. The summed E-state index contributed by atoms with van der Waals surface area (Å²) in [5.41, 5.74) is 14.5. The summed E-state index contributed by atoms with van der Waals surface area (Å²) in [5, 5.41) is 9.55. The molecular formula is C11H18N2O. The molecule has 0 aliphatic rings. The first-order chi connectivity index (χ1) is 6.56. The second-order valence-corrected chi connectivity index (χ2v) is 3.69. The highest BCUT2D eigenvalue weighted by atomic mass is 16.3. The van der Waals surface area contributed by atoms with E-state index in [1.54, 1.807) is 0 Å². The fourth-order valence-corrected chi connectivity index (χ4v) is 1.47. The number of aryl methyl sites for hydroxylation is 2. The second-order valence-electron chi connectivity index (χ2n) is 3.69. The number of hydrogen-bond acceptors (Lipinski definition) is 3. The summed E-state index contributed by atoms with van der Waals surface area (Å²) in [6.45, 7) is 4.18. The molecule has 78 valence electrons. The van der Waals surface area contributed by atoms with E-state index >= 15 is 0 Å². The van der Waals surface area contributed by atoms with Crippen molar-refractivity contribution in [2.24, 2.45) is 11.5 Å². The molecule has 3 nitrogen and oxygen atoms in total. The van der Waals surface area contributed by atoms with Crippen molar-refractivity contribution in [3.05, 3.63) is 34.9 Å². The van der Waals surface area contributed by atoms with E-state index in [9.17, 15) is 5.11 Å². The van der Waals surface area contributed by atoms with E-state index in [1.807, 2.05) is 32.0 Å². The van der Waals surface area contributed by atoms with Crippen molar-refractivity contribution in [2.75, 3.05) is 6.54 Å². The van der Waals surface area contributed by atoms with Crippen LogP contribution >= 0.6 is 0 Å². The van der Waals surface area contributed by atoms with Gasteiger partial charge >= 0.3 is 0 Å². The molecule has 2 atom stereocenters. The van der Waals surface area contributed by atoms with Crippen LogP contribution in [0.15, 0.2) is 18.2 Å². The summed E-state index contributed by atoms with van der Waals surface area (Å²) in [4.78, 5) is 0. The molecule has 5 N–H and O–H groups in total. The van der Waals surface area contributed by atoms with Crippen molar-refractivity contribution >= 4 is 0 Å². The summed E-state index contributed by atoms with van der Waals surface area (Å²) < 4.78 is 0. The van der Waals surface area contributed by atoms with Gasteiger partial charge in [0.2, 0.25) is 0 Å². The summed E-state index contributed by atoms with van der Waals surface area (Å²) in [5.74, 6) is 0. The molecular weight excluding hydrogens is 176 g/mol. The Labute approximate surface area is 84.7 Å². The van der Waals surface area contributed by atoms with Crippen molar-refractivity contribution in [2.45, 2.75) is 26.0 Å². The molecule has 0 saturated carbocycles. The van der Waals surface area contributed by atoms with Crippen LogP contribution in [-0.4, -0.2) is 17.8 Å². The zero-order valence-corrected chi connectivity index (χ0v) is 8.70. The molecule has 0 saturated heterocycles. The van der Waals surface area contributed by atoms with Gasteiger partial charge in [-0.2, -0.15) is 0 Å². The lowest BCUT2D eigenvalue weighted by molar-refractivity contribution is 0.152. The van der Waals surface area contributed by atoms with Crippen LogP contribution in [0.25, 0.3) is 0 Å². The first-order valence-corrected chi connectivity index (χ1v) is 4.77. The van der Waals surface area contributed by atoms with Crippen LogP contribution < -0.4 is 11.5 Å². The standard InChI is InChI=1S/C11H18N2O/c1-7-3-4-8(2)9(5-7)11(13)10(14)6-12/h3-5,10-11,14H,6,12-13H2,1-2H3. The molecule has 0 spiro atoms. The maximum Gasteiger partial charge on any atom is 0.0854 e. The number of aliphatic hydroxyl groups excluding tert-OH is 1. The third-order valence-corrected chi connectivity index (χ3v) is 2.45. The van der Waals surface area contributed by atoms with Crippen LogP contribution in [0.4, 0.5) is 0 Å². The molecule has 3 heteroatoms. The SMILES string of the molecule is Cc1ccc(C)c(C(N)C(O)CN)c1. The van der Waals surface area contributed by atoms with Crippen molar-refractivity contribution in [1.29, 1.82) is 0 Å². The maximum absolute atomic E-state index is 9.55. The Morgan fingerprint density at radius 1 is 1.36 bits per heavy atom. The topological polar surface area (TPSA) is 72.3 Å². The van der Waals surface area contributed by atoms with Crippen LogP contribution in [0.1, 0.15) is 22.7 Å². The van der Waals surface area contributed by atoms with Gasteiger partial charge in [0.05, 0.1) is 12.1 Å². The first kappa shape index (κ1) is 11.2. The van der Waals surface area contributed by atoms with Gasteiger partial charge in [0.1, 0.15) is 0 Å².